The molecule has 2 aromatic rings. The van der Waals surface area contributed by atoms with Gasteiger partial charge in [-0.25, -0.2) is 9.59 Å². The number of esters is 2. The van der Waals surface area contributed by atoms with Gasteiger partial charge in [-0.05, 0) is 67.8 Å². The predicted molar refractivity (Wildman–Crippen MR) is 112 cm³/mol. The Morgan fingerprint density at radius 2 is 1.56 bits per heavy atom. The van der Waals surface area contributed by atoms with Crippen molar-refractivity contribution in [3.05, 3.63) is 66.1 Å². The van der Waals surface area contributed by atoms with E-state index in [9.17, 15) is 32.9 Å². The van der Waals surface area contributed by atoms with Crippen LogP contribution >= 0.6 is 31.9 Å². The molecule has 0 aliphatic rings. The molecule has 0 saturated carbocycles. The summed E-state index contributed by atoms with van der Waals surface area (Å²) in [7, 11) is 2.16. The summed E-state index contributed by atoms with van der Waals surface area (Å²) in [5, 5.41) is 11.3. The lowest BCUT2D eigenvalue weighted by molar-refractivity contribution is -0.385. The molecular weight excluding hydrogens is 571 g/mol. The molecule has 2 aromatic carbocycles. The van der Waals surface area contributed by atoms with Crippen molar-refractivity contribution in [3.8, 4) is 11.5 Å². The summed E-state index contributed by atoms with van der Waals surface area (Å²) in [5.41, 5.74) is -2.18. The number of nitro benzene ring substituents is 1. The Balaban J connectivity index is 2.50. The van der Waals surface area contributed by atoms with E-state index in [2.05, 4.69) is 41.3 Å². The van der Waals surface area contributed by atoms with Crippen LogP contribution in [0.1, 0.15) is 11.1 Å². The van der Waals surface area contributed by atoms with E-state index in [1.54, 1.807) is 0 Å². The number of hydrogen-bond acceptors (Lipinski definition) is 7. The Morgan fingerprint density at radius 1 is 1.03 bits per heavy atom. The molecular formula is C19H12Br2F3NO7. The molecule has 0 bridgehead atoms. The number of carbonyl (C=O) groups is 2. The molecule has 0 amide bonds. The maximum atomic E-state index is 12.9. The zero-order valence-corrected chi connectivity index (χ0v) is 19.3. The molecule has 170 valence electrons. The number of benzene rings is 2. The van der Waals surface area contributed by atoms with Crippen LogP contribution in [0.4, 0.5) is 18.9 Å². The van der Waals surface area contributed by atoms with Crippen LogP contribution in [0.2, 0.25) is 0 Å². The molecule has 13 heteroatoms. The molecule has 0 atom stereocenters. The lowest BCUT2D eigenvalue weighted by Gasteiger charge is -2.13. The predicted octanol–water partition coefficient (Wildman–Crippen LogP) is 5.66. The van der Waals surface area contributed by atoms with Crippen LogP contribution in [0.5, 0.6) is 11.5 Å². The monoisotopic (exact) mass is 581 g/mol. The van der Waals surface area contributed by atoms with E-state index in [0.717, 1.165) is 20.3 Å². The van der Waals surface area contributed by atoms with Crippen molar-refractivity contribution < 1.29 is 41.9 Å². The number of halogens is 5. The summed E-state index contributed by atoms with van der Waals surface area (Å²) < 4.78 is 53.6. The average Bonchev–Trinajstić information content (AvgIpc) is 2.72. The Morgan fingerprint density at radius 3 is 2.00 bits per heavy atom. The molecule has 0 N–H and O–H groups in total. The van der Waals surface area contributed by atoms with Crippen molar-refractivity contribution in [2.45, 2.75) is 6.18 Å². The molecule has 32 heavy (non-hydrogen) atoms. The average molecular weight is 583 g/mol. The summed E-state index contributed by atoms with van der Waals surface area (Å²) in [6.45, 7) is 0. The van der Waals surface area contributed by atoms with Crippen molar-refractivity contribution in [2.24, 2.45) is 0 Å². The van der Waals surface area contributed by atoms with Crippen molar-refractivity contribution in [2.75, 3.05) is 14.2 Å². The normalized spacial score (nSPS) is 10.8. The summed E-state index contributed by atoms with van der Waals surface area (Å²) in [4.78, 5) is 33.9. The molecule has 2 rings (SSSR count). The zero-order chi connectivity index (χ0) is 24.2. The van der Waals surface area contributed by atoms with Gasteiger partial charge in [0.15, 0.2) is 5.75 Å². The highest BCUT2D eigenvalue weighted by Crippen LogP contribution is 2.42. The van der Waals surface area contributed by atoms with E-state index in [0.29, 0.717) is 17.7 Å². The highest BCUT2D eigenvalue weighted by molar-refractivity contribution is 9.11. The van der Waals surface area contributed by atoms with Gasteiger partial charge in [-0.15, -0.1) is 0 Å². The smallest absolute Gasteiger partial charge is 0.416 e. The summed E-state index contributed by atoms with van der Waals surface area (Å²) in [5.74, 6) is -2.31. The minimum absolute atomic E-state index is 0.00250. The SMILES string of the molecule is COC(=O)C(=Cc1cc(Br)c(Oc2ccc(C(F)(F)F)cc2[N+](=O)[O-])c(Br)c1)C(=O)OC. The molecule has 0 heterocycles. The van der Waals surface area contributed by atoms with Gasteiger partial charge in [0.1, 0.15) is 5.57 Å². The highest BCUT2D eigenvalue weighted by Gasteiger charge is 2.33. The van der Waals surface area contributed by atoms with Gasteiger partial charge >= 0.3 is 23.8 Å². The number of nitro groups is 1. The quantitative estimate of drug-likeness (QED) is 0.108. The topological polar surface area (TPSA) is 105 Å². The third kappa shape index (κ3) is 5.85. The number of rotatable bonds is 6. The lowest BCUT2D eigenvalue weighted by Crippen LogP contribution is -2.15. The fourth-order valence-corrected chi connectivity index (χ4v) is 3.76. The number of methoxy groups -OCH3 is 2. The highest BCUT2D eigenvalue weighted by atomic mass is 79.9. The van der Waals surface area contributed by atoms with Crippen molar-refractivity contribution >= 4 is 55.6 Å². The van der Waals surface area contributed by atoms with Gasteiger partial charge in [0.2, 0.25) is 5.75 Å². The first-order valence-corrected chi connectivity index (χ1v) is 9.88. The lowest BCUT2D eigenvalue weighted by atomic mass is 10.1. The van der Waals surface area contributed by atoms with Gasteiger partial charge in [0, 0.05) is 6.07 Å². The van der Waals surface area contributed by atoms with Gasteiger partial charge in [0.25, 0.3) is 0 Å². The molecule has 0 aliphatic carbocycles. The second-order valence-electron chi connectivity index (χ2n) is 5.89. The van der Waals surface area contributed by atoms with Crippen molar-refractivity contribution in [1.29, 1.82) is 0 Å². The Labute approximate surface area is 195 Å². The fourth-order valence-electron chi connectivity index (χ4n) is 2.38. The molecule has 0 fully saturated rings. The second-order valence-corrected chi connectivity index (χ2v) is 7.60. The first-order valence-electron chi connectivity index (χ1n) is 8.29. The van der Waals surface area contributed by atoms with E-state index in [4.69, 9.17) is 4.74 Å². The Kier molecular flexibility index (Phi) is 8.02. The van der Waals surface area contributed by atoms with Gasteiger partial charge in [-0.3, -0.25) is 10.1 Å². The molecule has 0 radical (unpaired) electrons. The number of hydrogen-bond donors (Lipinski definition) is 0. The number of nitrogens with zero attached hydrogens (tertiary/aromatic N) is 1. The third-order valence-corrected chi connectivity index (χ3v) is 5.02. The van der Waals surface area contributed by atoms with E-state index >= 15 is 0 Å². The first kappa shape index (κ1) is 25.3. The third-order valence-electron chi connectivity index (χ3n) is 3.84. The molecule has 0 aromatic heterocycles. The van der Waals surface area contributed by atoms with Crippen LogP contribution in [0.15, 0.2) is 44.9 Å². The molecule has 0 unspecified atom stereocenters. The number of ether oxygens (including phenoxy) is 3. The van der Waals surface area contributed by atoms with E-state index in [-0.39, 0.29) is 14.7 Å². The van der Waals surface area contributed by atoms with Gasteiger partial charge in [-0.2, -0.15) is 13.2 Å². The summed E-state index contributed by atoms with van der Waals surface area (Å²) in [6.07, 6.45) is -3.59. The van der Waals surface area contributed by atoms with Crippen LogP contribution in [-0.4, -0.2) is 31.1 Å². The maximum Gasteiger partial charge on any atom is 0.416 e. The largest absolute Gasteiger partial charge is 0.465 e. The van der Waals surface area contributed by atoms with Crippen LogP contribution in [0.3, 0.4) is 0 Å². The second kappa shape index (κ2) is 10.1. The van der Waals surface area contributed by atoms with Gasteiger partial charge in [-0.1, -0.05) is 0 Å². The Bertz CT molecular complexity index is 1080. The minimum Gasteiger partial charge on any atom is -0.465 e. The maximum absolute atomic E-state index is 12.9. The van der Waals surface area contributed by atoms with E-state index in [1.165, 1.54) is 18.2 Å². The summed E-state index contributed by atoms with van der Waals surface area (Å²) >= 11 is 6.39. The zero-order valence-electron chi connectivity index (χ0n) is 16.2. The summed E-state index contributed by atoms with van der Waals surface area (Å²) in [6, 6.07) is 4.66. The Hall–Kier alpha value is -2.93. The number of alkyl halides is 3. The number of carbonyl (C=O) groups excluding carboxylic acids is 2. The van der Waals surface area contributed by atoms with Crippen molar-refractivity contribution in [3.63, 3.8) is 0 Å². The molecule has 0 spiro atoms. The minimum atomic E-state index is -4.77. The van der Waals surface area contributed by atoms with E-state index < -0.39 is 45.6 Å². The first-order chi connectivity index (χ1) is 14.9. The standard InChI is InChI=1S/C19H12Br2F3NO7/c1-30-17(26)11(18(27)31-2)5-9-6-12(20)16(13(21)7-9)32-15-4-3-10(19(22,23)24)8-14(15)25(28)29/h3-8H,1-2H3. The van der Waals surface area contributed by atoms with Gasteiger partial charge < -0.3 is 14.2 Å². The van der Waals surface area contributed by atoms with Crippen LogP contribution in [-0.2, 0) is 25.2 Å². The van der Waals surface area contributed by atoms with Crippen LogP contribution in [0.25, 0.3) is 6.08 Å². The van der Waals surface area contributed by atoms with Crippen LogP contribution in [0, 0.1) is 10.1 Å². The molecule has 0 saturated heterocycles. The van der Waals surface area contributed by atoms with E-state index in [1.807, 2.05) is 0 Å². The molecule has 8 nitrogen and oxygen atoms in total. The molecule has 0 aliphatic heterocycles. The fraction of sp³-hybridized carbons (Fsp3) is 0.158. The van der Waals surface area contributed by atoms with Gasteiger partial charge in [0.05, 0.1) is 33.7 Å². The van der Waals surface area contributed by atoms with Crippen LogP contribution < -0.4 is 4.74 Å². The van der Waals surface area contributed by atoms with Crippen molar-refractivity contribution in [1.82, 2.24) is 0 Å².